The number of nitrogens with one attached hydrogen (secondary N) is 2. The van der Waals surface area contributed by atoms with Crippen molar-refractivity contribution in [2.24, 2.45) is 0 Å². The fourth-order valence-corrected chi connectivity index (χ4v) is 2.76. The van der Waals surface area contributed by atoms with Crippen LogP contribution in [0.3, 0.4) is 0 Å². The molecule has 0 aliphatic carbocycles. The average Bonchev–Trinajstić information content (AvgIpc) is 2.59. The van der Waals surface area contributed by atoms with Gasteiger partial charge >= 0.3 is 12.0 Å². The number of rotatable bonds is 6. The molecule has 0 heterocycles. The van der Waals surface area contributed by atoms with E-state index in [1.54, 1.807) is 6.92 Å². The number of phenols is 1. The number of urea groups is 1. The van der Waals surface area contributed by atoms with Gasteiger partial charge in [-0.25, -0.2) is 9.59 Å². The molecule has 0 aliphatic heterocycles. The Morgan fingerprint density at radius 3 is 2.54 bits per heavy atom. The molecule has 2 aromatic carbocycles. The molecular formula is C18H18Cl2N2O4. The molecule has 3 N–H and O–H groups in total. The van der Waals surface area contributed by atoms with Gasteiger partial charge in [0.1, 0.15) is 6.04 Å². The van der Waals surface area contributed by atoms with E-state index >= 15 is 0 Å². The van der Waals surface area contributed by atoms with E-state index in [1.165, 1.54) is 12.1 Å². The predicted octanol–water partition coefficient (Wildman–Crippen LogP) is 3.99. The fraction of sp³-hybridized carbons (Fsp3) is 0.222. The molecule has 0 saturated carbocycles. The van der Waals surface area contributed by atoms with Crippen molar-refractivity contribution in [3.8, 4) is 5.75 Å². The van der Waals surface area contributed by atoms with Gasteiger partial charge in [0.05, 0.1) is 17.3 Å². The number of hydrogen-bond donors (Lipinski definition) is 3. The number of carbonyl (C=O) groups is 2. The molecule has 2 aromatic rings. The lowest BCUT2D eigenvalue weighted by atomic mass is 10.1. The van der Waals surface area contributed by atoms with Gasteiger partial charge in [0.25, 0.3) is 0 Å². The molecule has 0 aliphatic rings. The first-order valence-corrected chi connectivity index (χ1v) is 8.62. The number of benzene rings is 2. The molecule has 0 radical (unpaired) electrons. The first kappa shape index (κ1) is 19.9. The molecule has 8 heteroatoms. The predicted molar refractivity (Wildman–Crippen MR) is 101 cm³/mol. The highest BCUT2D eigenvalue weighted by Gasteiger charge is 2.23. The van der Waals surface area contributed by atoms with Crippen LogP contribution in [0.4, 0.5) is 10.5 Å². The molecule has 0 unspecified atom stereocenters. The van der Waals surface area contributed by atoms with Crippen molar-refractivity contribution in [1.29, 1.82) is 0 Å². The Labute approximate surface area is 161 Å². The highest BCUT2D eigenvalue weighted by atomic mass is 35.5. The number of esters is 1. The quantitative estimate of drug-likeness (QED) is 0.508. The average molecular weight is 397 g/mol. The first-order valence-electron chi connectivity index (χ1n) is 7.86. The molecule has 1 atom stereocenters. The van der Waals surface area contributed by atoms with Crippen LogP contribution in [0, 0.1) is 0 Å². The third kappa shape index (κ3) is 5.54. The summed E-state index contributed by atoms with van der Waals surface area (Å²) in [5.74, 6) is -0.873. The number of phenolic OH excluding ortho intramolecular Hbond substituents is 1. The molecule has 26 heavy (non-hydrogen) atoms. The van der Waals surface area contributed by atoms with Crippen molar-refractivity contribution in [2.75, 3.05) is 11.9 Å². The second-order valence-corrected chi connectivity index (χ2v) is 6.22. The van der Waals surface area contributed by atoms with Crippen LogP contribution in [-0.4, -0.2) is 29.8 Å². The third-order valence-electron chi connectivity index (χ3n) is 3.44. The molecule has 0 spiro atoms. The lowest BCUT2D eigenvalue weighted by Crippen LogP contribution is -2.45. The highest BCUT2D eigenvalue weighted by Crippen LogP contribution is 2.34. The number of anilines is 1. The molecule has 0 fully saturated rings. The Hall–Kier alpha value is -2.44. The van der Waals surface area contributed by atoms with Gasteiger partial charge in [-0.15, -0.1) is 0 Å². The Morgan fingerprint density at radius 1 is 1.19 bits per heavy atom. The van der Waals surface area contributed by atoms with E-state index in [-0.39, 0.29) is 34.5 Å². The number of aromatic hydroxyl groups is 1. The minimum atomic E-state index is -0.894. The van der Waals surface area contributed by atoms with Crippen molar-refractivity contribution in [3.63, 3.8) is 0 Å². The third-order valence-corrected chi connectivity index (χ3v) is 3.94. The van der Waals surface area contributed by atoms with Gasteiger partial charge in [-0.2, -0.15) is 0 Å². The SMILES string of the molecule is CCOC(=O)[C@H](Cc1ccccc1)NC(=O)Nc1cc(Cl)cc(Cl)c1O. The van der Waals surface area contributed by atoms with Crippen LogP contribution in [0.2, 0.25) is 10.0 Å². The second kappa shape index (κ2) is 9.31. The largest absolute Gasteiger partial charge is 0.504 e. The van der Waals surface area contributed by atoms with Crippen molar-refractivity contribution >= 4 is 40.9 Å². The number of amides is 2. The first-order chi connectivity index (χ1) is 12.4. The fourth-order valence-electron chi connectivity index (χ4n) is 2.26. The summed E-state index contributed by atoms with van der Waals surface area (Å²) in [5.41, 5.74) is 0.891. The van der Waals surface area contributed by atoms with E-state index in [9.17, 15) is 14.7 Å². The maximum Gasteiger partial charge on any atom is 0.329 e. The maximum absolute atomic E-state index is 12.3. The molecular weight excluding hydrogens is 379 g/mol. The summed E-state index contributed by atoms with van der Waals surface area (Å²) >= 11 is 11.7. The zero-order valence-corrected chi connectivity index (χ0v) is 15.5. The summed E-state index contributed by atoms with van der Waals surface area (Å²) < 4.78 is 5.02. The Kier molecular flexibility index (Phi) is 7.12. The minimum Gasteiger partial charge on any atom is -0.504 e. The summed E-state index contributed by atoms with van der Waals surface area (Å²) in [6.07, 6.45) is 0.259. The number of halogens is 2. The van der Waals surface area contributed by atoms with Crippen molar-refractivity contribution in [1.82, 2.24) is 5.32 Å². The smallest absolute Gasteiger partial charge is 0.329 e. The normalized spacial score (nSPS) is 11.5. The maximum atomic E-state index is 12.3. The van der Waals surface area contributed by atoms with E-state index < -0.39 is 18.0 Å². The molecule has 2 rings (SSSR count). The van der Waals surface area contributed by atoms with E-state index in [4.69, 9.17) is 27.9 Å². The molecule has 6 nitrogen and oxygen atoms in total. The summed E-state index contributed by atoms with van der Waals surface area (Å²) in [7, 11) is 0. The zero-order chi connectivity index (χ0) is 19.1. The summed E-state index contributed by atoms with van der Waals surface area (Å²) in [4.78, 5) is 24.4. The lowest BCUT2D eigenvalue weighted by Gasteiger charge is -2.18. The number of ether oxygens (including phenoxy) is 1. The van der Waals surface area contributed by atoms with Gasteiger partial charge in [0, 0.05) is 11.4 Å². The molecule has 138 valence electrons. The van der Waals surface area contributed by atoms with Crippen molar-refractivity contribution in [3.05, 3.63) is 58.1 Å². The number of hydrogen-bond acceptors (Lipinski definition) is 4. The van der Waals surface area contributed by atoms with E-state index in [0.717, 1.165) is 5.56 Å². The lowest BCUT2D eigenvalue weighted by molar-refractivity contribution is -0.145. The van der Waals surface area contributed by atoms with Crippen LogP contribution in [0.5, 0.6) is 5.75 Å². The number of carbonyl (C=O) groups excluding carboxylic acids is 2. The van der Waals surface area contributed by atoms with Crippen LogP contribution in [0.15, 0.2) is 42.5 Å². The van der Waals surface area contributed by atoms with Gasteiger partial charge < -0.3 is 20.5 Å². The minimum absolute atomic E-state index is 0.000900. The zero-order valence-electron chi connectivity index (χ0n) is 14.0. The summed E-state index contributed by atoms with van der Waals surface area (Å²) in [6.45, 7) is 1.88. The molecule has 0 bridgehead atoms. The Morgan fingerprint density at radius 2 is 1.88 bits per heavy atom. The Bertz CT molecular complexity index is 784. The monoisotopic (exact) mass is 396 g/mol. The molecule has 2 amide bonds. The van der Waals surface area contributed by atoms with Crippen molar-refractivity contribution < 1.29 is 19.4 Å². The van der Waals surface area contributed by atoms with Crippen LogP contribution < -0.4 is 10.6 Å². The highest BCUT2D eigenvalue weighted by molar-refractivity contribution is 6.36. The standard InChI is InChI=1S/C18H18Cl2N2O4/c1-2-26-17(24)15(8-11-6-4-3-5-7-11)22-18(25)21-14-10-12(19)9-13(20)16(14)23/h3-7,9-10,15,23H,2,8H2,1H3,(H2,21,22,25)/t15-/m0/s1. The molecule has 0 aromatic heterocycles. The van der Waals surface area contributed by atoms with Crippen LogP contribution in [0.25, 0.3) is 0 Å². The van der Waals surface area contributed by atoms with Crippen LogP contribution in [-0.2, 0) is 16.0 Å². The van der Waals surface area contributed by atoms with Gasteiger partial charge in [0.15, 0.2) is 5.75 Å². The van der Waals surface area contributed by atoms with E-state index in [0.29, 0.717) is 0 Å². The van der Waals surface area contributed by atoms with Gasteiger partial charge in [-0.3, -0.25) is 0 Å². The second-order valence-electron chi connectivity index (χ2n) is 5.38. The van der Waals surface area contributed by atoms with Gasteiger partial charge in [-0.05, 0) is 24.6 Å². The topological polar surface area (TPSA) is 87.7 Å². The van der Waals surface area contributed by atoms with Crippen LogP contribution >= 0.6 is 23.2 Å². The summed E-state index contributed by atoms with van der Waals surface area (Å²) in [5, 5.41) is 15.1. The van der Waals surface area contributed by atoms with E-state index in [1.807, 2.05) is 30.3 Å². The summed E-state index contributed by atoms with van der Waals surface area (Å²) in [6, 6.07) is 10.3. The van der Waals surface area contributed by atoms with E-state index in [2.05, 4.69) is 10.6 Å². The van der Waals surface area contributed by atoms with Crippen molar-refractivity contribution in [2.45, 2.75) is 19.4 Å². The van der Waals surface area contributed by atoms with Gasteiger partial charge in [0.2, 0.25) is 0 Å². The van der Waals surface area contributed by atoms with Crippen LogP contribution in [0.1, 0.15) is 12.5 Å². The Balaban J connectivity index is 2.12. The van der Waals surface area contributed by atoms with Gasteiger partial charge in [-0.1, -0.05) is 53.5 Å². The molecule has 0 saturated heterocycles.